The van der Waals surface area contributed by atoms with Crippen LogP contribution in [0.4, 0.5) is 13.2 Å². The normalized spacial score (nSPS) is 30.0. The van der Waals surface area contributed by atoms with Gasteiger partial charge in [-0.15, -0.1) is 0 Å². The molecule has 1 heterocycles. The van der Waals surface area contributed by atoms with Crippen LogP contribution in [0.15, 0.2) is 0 Å². The summed E-state index contributed by atoms with van der Waals surface area (Å²) >= 11 is 0. The van der Waals surface area contributed by atoms with Crippen molar-refractivity contribution in [1.29, 1.82) is 0 Å². The average molecular weight is 250 g/mol. The van der Waals surface area contributed by atoms with Crippen molar-refractivity contribution in [2.45, 2.75) is 56.8 Å². The number of halogens is 3. The minimum Gasteiger partial charge on any atom is -0.311 e. The summed E-state index contributed by atoms with van der Waals surface area (Å²) in [6, 6.07) is 0.300. The maximum absolute atomic E-state index is 12.3. The molecule has 1 saturated carbocycles. The van der Waals surface area contributed by atoms with Gasteiger partial charge >= 0.3 is 6.18 Å². The maximum atomic E-state index is 12.3. The summed E-state index contributed by atoms with van der Waals surface area (Å²) in [4.78, 5) is 2.09. The molecule has 0 aromatic carbocycles. The first kappa shape index (κ1) is 13.1. The second-order valence-corrected chi connectivity index (χ2v) is 5.52. The van der Waals surface area contributed by atoms with Gasteiger partial charge in [-0.05, 0) is 19.8 Å². The molecular formula is C12H21F3N2. The van der Waals surface area contributed by atoms with Gasteiger partial charge in [0.25, 0.3) is 0 Å². The van der Waals surface area contributed by atoms with Gasteiger partial charge in [0.1, 0.15) is 0 Å². The molecule has 1 N–H and O–H groups in total. The van der Waals surface area contributed by atoms with Crippen molar-refractivity contribution in [3.05, 3.63) is 0 Å². The van der Waals surface area contributed by atoms with Crippen LogP contribution in [0.2, 0.25) is 0 Å². The van der Waals surface area contributed by atoms with E-state index in [1.807, 2.05) is 6.92 Å². The van der Waals surface area contributed by atoms with E-state index in [4.69, 9.17) is 0 Å². The molecule has 1 aliphatic carbocycles. The van der Waals surface area contributed by atoms with Gasteiger partial charge in [-0.3, -0.25) is 4.90 Å². The van der Waals surface area contributed by atoms with Crippen molar-refractivity contribution in [2.75, 3.05) is 19.6 Å². The zero-order valence-electron chi connectivity index (χ0n) is 10.3. The van der Waals surface area contributed by atoms with Gasteiger partial charge in [0.05, 0.1) is 6.42 Å². The molecule has 0 aromatic heterocycles. The molecule has 100 valence electrons. The quantitative estimate of drug-likeness (QED) is 0.810. The molecule has 5 heteroatoms. The molecule has 2 aliphatic rings. The maximum Gasteiger partial charge on any atom is 0.390 e. The molecule has 0 aromatic rings. The molecule has 0 radical (unpaired) electrons. The van der Waals surface area contributed by atoms with Gasteiger partial charge in [-0.25, -0.2) is 0 Å². The fraction of sp³-hybridized carbons (Fsp3) is 1.00. The Morgan fingerprint density at radius 3 is 2.53 bits per heavy atom. The molecule has 2 nitrogen and oxygen atoms in total. The largest absolute Gasteiger partial charge is 0.390 e. The number of hydrogen-bond acceptors (Lipinski definition) is 2. The van der Waals surface area contributed by atoms with Crippen LogP contribution in [0.25, 0.3) is 0 Å². The van der Waals surface area contributed by atoms with Gasteiger partial charge in [0.2, 0.25) is 0 Å². The van der Waals surface area contributed by atoms with Crippen LogP contribution in [-0.4, -0.2) is 42.3 Å². The highest BCUT2D eigenvalue weighted by Crippen LogP contribution is 2.37. The minimum absolute atomic E-state index is 0.0117. The van der Waals surface area contributed by atoms with Gasteiger partial charge in [0, 0.05) is 31.2 Å². The predicted octanol–water partition coefficient (Wildman–Crippen LogP) is 2.55. The Balaban J connectivity index is 1.99. The number of piperazine rings is 1. The molecule has 2 fully saturated rings. The van der Waals surface area contributed by atoms with E-state index in [0.29, 0.717) is 6.04 Å². The Hall–Kier alpha value is -0.290. The van der Waals surface area contributed by atoms with E-state index in [1.165, 1.54) is 0 Å². The number of nitrogens with zero attached hydrogens (tertiary/aromatic N) is 1. The fourth-order valence-corrected chi connectivity index (χ4v) is 3.18. The average Bonchev–Trinajstić information content (AvgIpc) is 2.68. The second-order valence-electron chi connectivity index (χ2n) is 5.52. The highest BCUT2D eigenvalue weighted by atomic mass is 19.4. The van der Waals surface area contributed by atoms with Crippen molar-refractivity contribution in [1.82, 2.24) is 10.2 Å². The van der Waals surface area contributed by atoms with Crippen molar-refractivity contribution in [2.24, 2.45) is 0 Å². The van der Waals surface area contributed by atoms with E-state index >= 15 is 0 Å². The van der Waals surface area contributed by atoms with Crippen LogP contribution < -0.4 is 5.32 Å². The van der Waals surface area contributed by atoms with E-state index < -0.39 is 12.6 Å². The molecule has 0 bridgehead atoms. The molecule has 1 unspecified atom stereocenters. The summed E-state index contributed by atoms with van der Waals surface area (Å²) in [6.07, 6.45) is -0.318. The molecule has 1 spiro atoms. The van der Waals surface area contributed by atoms with Crippen LogP contribution in [0.3, 0.4) is 0 Å². The predicted molar refractivity (Wildman–Crippen MR) is 60.9 cm³/mol. The van der Waals surface area contributed by atoms with Crippen molar-refractivity contribution in [3.63, 3.8) is 0 Å². The molecule has 17 heavy (non-hydrogen) atoms. The first-order chi connectivity index (χ1) is 7.91. The van der Waals surface area contributed by atoms with Crippen LogP contribution in [0.5, 0.6) is 0 Å². The van der Waals surface area contributed by atoms with E-state index in [-0.39, 0.29) is 12.1 Å². The number of nitrogens with one attached hydrogen (secondary N) is 1. The van der Waals surface area contributed by atoms with Gasteiger partial charge in [-0.2, -0.15) is 13.2 Å². The first-order valence-electron chi connectivity index (χ1n) is 6.47. The third-order valence-corrected chi connectivity index (χ3v) is 4.14. The summed E-state index contributed by atoms with van der Waals surface area (Å²) in [6.45, 7) is 3.81. The van der Waals surface area contributed by atoms with Crippen LogP contribution in [0.1, 0.15) is 39.0 Å². The zero-order chi connectivity index (χ0) is 12.5. The Morgan fingerprint density at radius 1 is 1.29 bits per heavy atom. The molecule has 2 rings (SSSR count). The minimum atomic E-state index is -4.03. The van der Waals surface area contributed by atoms with Crippen molar-refractivity contribution < 1.29 is 13.2 Å². The molecule has 1 saturated heterocycles. The standard InChI is InChI=1S/C12H21F3N2/c1-10-8-17(7-6-12(13,14)15)11(9-16-10)4-2-3-5-11/h10,16H,2-9H2,1H3. The Bertz CT molecular complexity index is 259. The van der Waals surface area contributed by atoms with Gasteiger partial charge in [-0.1, -0.05) is 12.8 Å². The van der Waals surface area contributed by atoms with Gasteiger partial charge < -0.3 is 5.32 Å². The second kappa shape index (κ2) is 4.76. The van der Waals surface area contributed by atoms with E-state index in [1.54, 1.807) is 0 Å². The summed E-state index contributed by atoms with van der Waals surface area (Å²) in [5.41, 5.74) is 0.0117. The van der Waals surface area contributed by atoms with E-state index in [9.17, 15) is 13.2 Å². The number of hydrogen-bond donors (Lipinski definition) is 1. The molecule has 1 aliphatic heterocycles. The first-order valence-corrected chi connectivity index (χ1v) is 6.47. The smallest absolute Gasteiger partial charge is 0.311 e. The molecular weight excluding hydrogens is 229 g/mol. The van der Waals surface area contributed by atoms with Crippen LogP contribution >= 0.6 is 0 Å². The summed E-state index contributed by atoms with van der Waals surface area (Å²) in [7, 11) is 0. The lowest BCUT2D eigenvalue weighted by atomic mass is 9.91. The third-order valence-electron chi connectivity index (χ3n) is 4.14. The van der Waals surface area contributed by atoms with E-state index in [2.05, 4.69) is 10.2 Å². The van der Waals surface area contributed by atoms with Crippen LogP contribution in [-0.2, 0) is 0 Å². The number of rotatable bonds is 2. The fourth-order valence-electron chi connectivity index (χ4n) is 3.18. The summed E-state index contributed by atoms with van der Waals surface area (Å²) < 4.78 is 37.0. The Labute approximate surface area is 101 Å². The van der Waals surface area contributed by atoms with Gasteiger partial charge in [0.15, 0.2) is 0 Å². The zero-order valence-corrected chi connectivity index (χ0v) is 10.3. The number of alkyl halides is 3. The summed E-state index contributed by atoms with van der Waals surface area (Å²) in [5, 5.41) is 3.42. The lowest BCUT2D eigenvalue weighted by molar-refractivity contribution is -0.142. The summed E-state index contributed by atoms with van der Waals surface area (Å²) in [5.74, 6) is 0. The van der Waals surface area contributed by atoms with E-state index in [0.717, 1.165) is 38.8 Å². The molecule has 0 amide bonds. The SMILES string of the molecule is CC1CN(CCC(F)(F)F)C2(CCCC2)CN1. The monoisotopic (exact) mass is 250 g/mol. The highest BCUT2D eigenvalue weighted by molar-refractivity contribution is 5.01. The lowest BCUT2D eigenvalue weighted by Gasteiger charge is -2.48. The molecule has 1 atom stereocenters. The van der Waals surface area contributed by atoms with Crippen molar-refractivity contribution >= 4 is 0 Å². The van der Waals surface area contributed by atoms with Crippen molar-refractivity contribution in [3.8, 4) is 0 Å². The van der Waals surface area contributed by atoms with Crippen LogP contribution in [0, 0.1) is 0 Å². The Morgan fingerprint density at radius 2 is 1.94 bits per heavy atom. The topological polar surface area (TPSA) is 15.3 Å². The third kappa shape index (κ3) is 3.13. The Kier molecular flexibility index (Phi) is 3.69. The lowest BCUT2D eigenvalue weighted by Crippen LogP contribution is -2.63. The highest BCUT2D eigenvalue weighted by Gasteiger charge is 2.43.